The second-order valence-electron chi connectivity index (χ2n) is 5.82. The van der Waals surface area contributed by atoms with Gasteiger partial charge in [-0.2, -0.15) is 18.4 Å². The van der Waals surface area contributed by atoms with Crippen LogP contribution in [0.1, 0.15) is 31.8 Å². The summed E-state index contributed by atoms with van der Waals surface area (Å²) >= 11 is 5.01. The van der Waals surface area contributed by atoms with E-state index in [4.69, 9.17) is 11.6 Å². The van der Waals surface area contributed by atoms with Crippen LogP contribution in [0.4, 0.5) is 17.6 Å². The number of allylic oxidation sites excluding steroid dienone is 4. The molecule has 0 radical (unpaired) electrons. The average Bonchev–Trinajstić information content (AvgIpc) is 2.89. The predicted molar refractivity (Wildman–Crippen MR) is 81.0 cm³/mol. The van der Waals surface area contributed by atoms with E-state index in [9.17, 15) is 17.6 Å². The normalized spacial score (nSPS) is 19.4. The van der Waals surface area contributed by atoms with Gasteiger partial charge in [0.2, 0.25) is 5.82 Å². The second kappa shape index (κ2) is 5.54. The van der Waals surface area contributed by atoms with Gasteiger partial charge >= 0.3 is 5.38 Å². The van der Waals surface area contributed by atoms with Crippen LogP contribution >= 0.6 is 11.6 Å². The zero-order valence-corrected chi connectivity index (χ0v) is 13.5. The molecule has 0 saturated carbocycles. The fourth-order valence-corrected chi connectivity index (χ4v) is 2.76. The fraction of sp³-hybridized carbons (Fsp3) is 0.400. The van der Waals surface area contributed by atoms with E-state index >= 15 is 0 Å². The van der Waals surface area contributed by atoms with Gasteiger partial charge in [0.1, 0.15) is 0 Å². The number of nitrogens with zero attached hydrogens (tertiary/aromatic N) is 4. The van der Waals surface area contributed by atoms with Gasteiger partial charge in [0, 0.05) is 6.92 Å². The number of rotatable bonds is 3. The van der Waals surface area contributed by atoms with Gasteiger partial charge in [-0.3, -0.25) is 0 Å². The van der Waals surface area contributed by atoms with E-state index in [0.29, 0.717) is 11.3 Å². The Kier molecular flexibility index (Phi) is 3.90. The minimum absolute atomic E-state index is 0.0251. The van der Waals surface area contributed by atoms with Crippen LogP contribution < -0.4 is 0 Å². The lowest BCUT2D eigenvalue weighted by Gasteiger charge is -2.24. The Balaban J connectivity index is 2.07. The number of hydrogen-bond acceptors (Lipinski definition) is 3. The van der Waals surface area contributed by atoms with Gasteiger partial charge < -0.3 is 0 Å². The third-order valence-corrected chi connectivity index (χ3v) is 4.07. The molecule has 0 spiro atoms. The average molecular weight is 361 g/mol. The summed E-state index contributed by atoms with van der Waals surface area (Å²) in [5.74, 6) is -3.92. The quantitative estimate of drug-likeness (QED) is 0.601. The minimum atomic E-state index is -3.71. The first-order valence-electron chi connectivity index (χ1n) is 7.16. The van der Waals surface area contributed by atoms with Gasteiger partial charge in [0.15, 0.2) is 5.65 Å². The van der Waals surface area contributed by atoms with Crippen LogP contribution in [0.5, 0.6) is 0 Å². The number of alkyl halides is 5. The molecule has 1 aliphatic carbocycles. The van der Waals surface area contributed by atoms with Gasteiger partial charge in [-0.25, -0.2) is 8.78 Å². The Bertz CT molecular complexity index is 845. The molecule has 24 heavy (non-hydrogen) atoms. The molecule has 0 N–H and O–H groups in total. The summed E-state index contributed by atoms with van der Waals surface area (Å²) < 4.78 is 54.4. The molecular formula is C15H13ClF4N4. The van der Waals surface area contributed by atoms with Crippen molar-refractivity contribution in [3.63, 3.8) is 0 Å². The Morgan fingerprint density at radius 3 is 2.46 bits per heavy atom. The van der Waals surface area contributed by atoms with E-state index in [1.807, 2.05) is 0 Å². The van der Waals surface area contributed by atoms with E-state index in [0.717, 1.165) is 11.4 Å². The van der Waals surface area contributed by atoms with Crippen LogP contribution in [-0.2, 0) is 5.38 Å². The van der Waals surface area contributed by atoms with Crippen molar-refractivity contribution < 1.29 is 17.6 Å². The van der Waals surface area contributed by atoms with Crippen molar-refractivity contribution in [2.24, 2.45) is 5.92 Å². The second-order valence-corrected chi connectivity index (χ2v) is 6.29. The summed E-state index contributed by atoms with van der Waals surface area (Å²) in [7, 11) is 0. The van der Waals surface area contributed by atoms with E-state index in [-0.39, 0.29) is 23.6 Å². The lowest BCUT2D eigenvalue weighted by Crippen LogP contribution is -2.19. The van der Waals surface area contributed by atoms with E-state index < -0.39 is 17.1 Å². The molecule has 0 saturated heterocycles. The highest BCUT2D eigenvalue weighted by atomic mass is 35.5. The molecule has 1 atom stereocenters. The highest BCUT2D eigenvalue weighted by Gasteiger charge is 2.35. The molecule has 3 rings (SSSR count). The zero-order chi connectivity index (χ0) is 17.7. The SMILES string of the molecule is CC1CC(C(C)(F)F)=CC=C1c1ccc2nnc(C(F)(F)Cl)n2n1. The summed E-state index contributed by atoms with van der Waals surface area (Å²) in [4.78, 5) is 0. The summed E-state index contributed by atoms with van der Waals surface area (Å²) in [6, 6.07) is 3.06. The molecular weight excluding hydrogens is 348 g/mol. The molecule has 2 aromatic rings. The predicted octanol–water partition coefficient (Wildman–Crippen LogP) is 4.42. The maximum atomic E-state index is 13.4. The molecule has 0 fully saturated rings. The third-order valence-electron chi connectivity index (χ3n) is 3.90. The largest absolute Gasteiger partial charge is 0.383 e. The van der Waals surface area contributed by atoms with E-state index in [1.54, 1.807) is 13.0 Å². The lowest BCUT2D eigenvalue weighted by atomic mass is 9.85. The maximum Gasteiger partial charge on any atom is 0.383 e. The Morgan fingerprint density at radius 2 is 1.88 bits per heavy atom. The smallest absolute Gasteiger partial charge is 0.202 e. The van der Waals surface area contributed by atoms with Crippen molar-refractivity contribution in [3.05, 3.63) is 41.4 Å². The zero-order valence-electron chi connectivity index (χ0n) is 12.8. The molecule has 2 heterocycles. The summed E-state index contributed by atoms with van der Waals surface area (Å²) in [6.45, 7) is 2.63. The molecule has 4 nitrogen and oxygen atoms in total. The highest BCUT2D eigenvalue weighted by molar-refractivity contribution is 6.21. The first-order chi connectivity index (χ1) is 11.1. The summed E-state index contributed by atoms with van der Waals surface area (Å²) in [5, 5.41) is 7.34. The monoisotopic (exact) mass is 360 g/mol. The van der Waals surface area contributed by atoms with Crippen molar-refractivity contribution in [3.8, 4) is 0 Å². The van der Waals surface area contributed by atoms with Crippen LogP contribution in [-0.4, -0.2) is 25.7 Å². The molecule has 0 aromatic carbocycles. The van der Waals surface area contributed by atoms with Crippen LogP contribution in [0.2, 0.25) is 0 Å². The maximum absolute atomic E-state index is 13.4. The molecule has 9 heteroatoms. The number of halogens is 5. The first-order valence-corrected chi connectivity index (χ1v) is 7.54. The third kappa shape index (κ3) is 3.02. The van der Waals surface area contributed by atoms with Gasteiger partial charge in [-0.05, 0) is 47.2 Å². The van der Waals surface area contributed by atoms with Crippen molar-refractivity contribution >= 4 is 22.8 Å². The standard InChI is InChI=1S/C15H13ClF4N4/c1-8-7-9(14(2,17)18)3-4-10(8)11-5-6-12-21-22-13(15(16,19)20)24(12)23-11/h3-6,8H,7H2,1-2H3. The topological polar surface area (TPSA) is 43.1 Å². The lowest BCUT2D eigenvalue weighted by molar-refractivity contribution is 0.0580. The summed E-state index contributed by atoms with van der Waals surface area (Å²) in [5.41, 5.74) is 1.20. The highest BCUT2D eigenvalue weighted by Crippen LogP contribution is 2.38. The van der Waals surface area contributed by atoms with Gasteiger partial charge in [0.25, 0.3) is 5.92 Å². The van der Waals surface area contributed by atoms with E-state index in [1.165, 1.54) is 18.2 Å². The van der Waals surface area contributed by atoms with Crippen LogP contribution in [0, 0.1) is 5.92 Å². The van der Waals surface area contributed by atoms with Crippen molar-refractivity contribution in [1.29, 1.82) is 0 Å². The Labute approximate surface area is 139 Å². The molecule has 128 valence electrons. The molecule has 0 amide bonds. The number of aromatic nitrogens is 4. The van der Waals surface area contributed by atoms with Crippen molar-refractivity contribution in [2.75, 3.05) is 0 Å². The molecule has 2 aromatic heterocycles. The number of hydrogen-bond donors (Lipinski definition) is 0. The van der Waals surface area contributed by atoms with Crippen LogP contribution in [0.15, 0.2) is 29.9 Å². The van der Waals surface area contributed by atoms with Crippen molar-refractivity contribution in [1.82, 2.24) is 19.8 Å². The van der Waals surface area contributed by atoms with Crippen LogP contribution in [0.3, 0.4) is 0 Å². The molecule has 1 unspecified atom stereocenters. The Hall–Kier alpha value is -1.96. The fourth-order valence-electron chi connectivity index (χ4n) is 2.65. The molecule has 1 aliphatic rings. The summed E-state index contributed by atoms with van der Waals surface area (Å²) in [6.07, 6.45) is 3.05. The first kappa shape index (κ1) is 16.9. The molecule has 0 aliphatic heterocycles. The van der Waals surface area contributed by atoms with Crippen molar-refractivity contribution in [2.45, 2.75) is 31.6 Å². The Morgan fingerprint density at radius 1 is 1.17 bits per heavy atom. The van der Waals surface area contributed by atoms with Gasteiger partial charge in [-0.15, -0.1) is 10.2 Å². The number of fused-ring (bicyclic) bond motifs is 1. The van der Waals surface area contributed by atoms with E-state index in [2.05, 4.69) is 15.3 Å². The minimum Gasteiger partial charge on any atom is -0.202 e. The van der Waals surface area contributed by atoms with Crippen LogP contribution in [0.25, 0.3) is 11.2 Å². The van der Waals surface area contributed by atoms with Gasteiger partial charge in [0.05, 0.1) is 5.69 Å². The molecule has 0 bridgehead atoms. The van der Waals surface area contributed by atoms with Gasteiger partial charge in [-0.1, -0.05) is 19.1 Å².